The van der Waals surface area contributed by atoms with E-state index in [-0.39, 0.29) is 17.9 Å². The summed E-state index contributed by atoms with van der Waals surface area (Å²) in [6, 6.07) is 14.0. The highest BCUT2D eigenvalue weighted by molar-refractivity contribution is 6.30. The Labute approximate surface area is 207 Å². The van der Waals surface area contributed by atoms with Crippen molar-refractivity contribution in [3.05, 3.63) is 82.4 Å². The normalized spacial score (nSPS) is 16.4. The van der Waals surface area contributed by atoms with Crippen molar-refractivity contribution < 1.29 is 15.0 Å². The molecule has 0 aliphatic heterocycles. The SMILES string of the molecule is C=CC[C@@](C)(C[C@H](c1cccc(Cl)c1)[C@@H](O)c1ccc(Cl)cc1)C(=O)N[C@H](CO)C(C)(C)C. The fourth-order valence-electron chi connectivity index (χ4n) is 3.98. The van der Waals surface area contributed by atoms with Crippen LogP contribution in [-0.2, 0) is 4.79 Å². The lowest BCUT2D eigenvalue weighted by molar-refractivity contribution is -0.133. The van der Waals surface area contributed by atoms with Gasteiger partial charge in [-0.15, -0.1) is 6.58 Å². The first-order valence-corrected chi connectivity index (χ1v) is 11.9. The summed E-state index contributed by atoms with van der Waals surface area (Å²) in [5.41, 5.74) is 0.353. The maximum absolute atomic E-state index is 13.5. The van der Waals surface area contributed by atoms with Crippen molar-refractivity contribution in [2.45, 2.75) is 58.6 Å². The zero-order chi connectivity index (χ0) is 24.8. The summed E-state index contributed by atoms with van der Waals surface area (Å²) in [5, 5.41) is 25.4. The third-order valence-electron chi connectivity index (χ3n) is 6.22. The van der Waals surface area contributed by atoms with Crippen molar-refractivity contribution in [1.82, 2.24) is 5.32 Å². The van der Waals surface area contributed by atoms with Gasteiger partial charge in [-0.2, -0.15) is 0 Å². The summed E-state index contributed by atoms with van der Waals surface area (Å²) < 4.78 is 0. The Balaban J connectivity index is 2.46. The monoisotopic (exact) mass is 491 g/mol. The molecule has 0 saturated carbocycles. The van der Waals surface area contributed by atoms with Gasteiger partial charge in [0.15, 0.2) is 0 Å². The summed E-state index contributed by atoms with van der Waals surface area (Å²) >= 11 is 12.3. The lowest BCUT2D eigenvalue weighted by atomic mass is 9.72. The van der Waals surface area contributed by atoms with Gasteiger partial charge in [0.1, 0.15) is 0 Å². The van der Waals surface area contributed by atoms with Gasteiger partial charge in [-0.1, -0.05) is 81.2 Å². The Morgan fingerprint density at radius 1 is 1.06 bits per heavy atom. The molecule has 180 valence electrons. The van der Waals surface area contributed by atoms with E-state index < -0.39 is 23.5 Å². The molecular weight excluding hydrogens is 457 g/mol. The van der Waals surface area contributed by atoms with Crippen LogP contribution in [0, 0.1) is 10.8 Å². The van der Waals surface area contributed by atoms with Gasteiger partial charge >= 0.3 is 0 Å². The van der Waals surface area contributed by atoms with Crippen LogP contribution in [0.5, 0.6) is 0 Å². The summed E-state index contributed by atoms with van der Waals surface area (Å²) in [7, 11) is 0. The van der Waals surface area contributed by atoms with Crippen LogP contribution < -0.4 is 5.32 Å². The minimum absolute atomic E-state index is 0.162. The number of carbonyl (C=O) groups excluding carboxylic acids is 1. The molecule has 4 nitrogen and oxygen atoms in total. The van der Waals surface area contributed by atoms with E-state index in [0.29, 0.717) is 28.5 Å². The van der Waals surface area contributed by atoms with E-state index in [9.17, 15) is 15.0 Å². The molecule has 1 amide bonds. The molecule has 0 aliphatic rings. The molecule has 0 radical (unpaired) electrons. The number of halogens is 2. The smallest absolute Gasteiger partial charge is 0.226 e. The highest BCUT2D eigenvalue weighted by atomic mass is 35.5. The second kappa shape index (κ2) is 11.5. The van der Waals surface area contributed by atoms with E-state index in [1.165, 1.54) is 0 Å². The number of hydrogen-bond donors (Lipinski definition) is 3. The molecule has 0 heterocycles. The van der Waals surface area contributed by atoms with Gasteiger partial charge in [-0.3, -0.25) is 4.79 Å². The number of aliphatic hydroxyl groups excluding tert-OH is 2. The number of aliphatic hydroxyl groups is 2. The van der Waals surface area contributed by atoms with Crippen molar-refractivity contribution >= 4 is 29.1 Å². The zero-order valence-corrected chi connectivity index (χ0v) is 21.3. The number of amides is 1. The molecule has 33 heavy (non-hydrogen) atoms. The standard InChI is InChI=1S/C27H35Cl2NO3/c1-6-14-27(5,25(33)30-23(17-31)26(2,3)4)16-22(19-8-7-9-21(29)15-19)24(32)18-10-12-20(28)13-11-18/h6-13,15,22-24,31-32H,1,14,16-17H2,2-5H3,(H,30,33)/t22-,23-,24+,27+/m1/s1. The van der Waals surface area contributed by atoms with Crippen LogP contribution >= 0.6 is 23.2 Å². The molecule has 2 aromatic rings. The predicted molar refractivity (Wildman–Crippen MR) is 137 cm³/mol. The number of benzene rings is 2. The van der Waals surface area contributed by atoms with Gasteiger partial charge in [-0.25, -0.2) is 0 Å². The molecule has 0 saturated heterocycles. The first kappa shape index (κ1) is 27.4. The minimum Gasteiger partial charge on any atom is -0.394 e. The van der Waals surface area contributed by atoms with Crippen LogP contribution in [0.2, 0.25) is 10.0 Å². The second-order valence-corrected chi connectivity index (χ2v) is 10.9. The first-order valence-electron chi connectivity index (χ1n) is 11.1. The molecule has 0 unspecified atom stereocenters. The molecule has 0 spiro atoms. The van der Waals surface area contributed by atoms with E-state index in [1.54, 1.807) is 36.4 Å². The molecule has 3 N–H and O–H groups in total. The number of hydrogen-bond acceptors (Lipinski definition) is 3. The Bertz CT molecular complexity index is 939. The predicted octanol–water partition coefficient (Wildman–Crippen LogP) is 6.31. The molecule has 0 fully saturated rings. The van der Waals surface area contributed by atoms with Gasteiger partial charge in [-0.05, 0) is 53.6 Å². The van der Waals surface area contributed by atoms with Crippen molar-refractivity contribution in [2.75, 3.05) is 6.61 Å². The summed E-state index contributed by atoms with van der Waals surface area (Å²) in [5.74, 6) is -0.602. The minimum atomic E-state index is -0.881. The maximum atomic E-state index is 13.5. The van der Waals surface area contributed by atoms with E-state index in [2.05, 4.69) is 11.9 Å². The fraction of sp³-hybridized carbons (Fsp3) is 0.444. The highest BCUT2D eigenvalue weighted by Gasteiger charge is 2.40. The number of nitrogens with one attached hydrogen (secondary N) is 1. The lowest BCUT2D eigenvalue weighted by Crippen LogP contribution is -2.51. The molecule has 2 aromatic carbocycles. The van der Waals surface area contributed by atoms with Gasteiger partial charge in [0, 0.05) is 16.0 Å². The van der Waals surface area contributed by atoms with Crippen molar-refractivity contribution in [2.24, 2.45) is 10.8 Å². The Hall–Kier alpha value is -1.85. The topological polar surface area (TPSA) is 69.6 Å². The van der Waals surface area contributed by atoms with Gasteiger partial charge in [0.05, 0.1) is 24.2 Å². The van der Waals surface area contributed by atoms with E-state index in [1.807, 2.05) is 45.9 Å². The molecule has 0 aromatic heterocycles. The average Bonchev–Trinajstić information content (AvgIpc) is 2.75. The van der Waals surface area contributed by atoms with E-state index in [0.717, 1.165) is 5.56 Å². The van der Waals surface area contributed by atoms with Crippen molar-refractivity contribution in [3.8, 4) is 0 Å². The second-order valence-electron chi connectivity index (χ2n) is 9.99. The number of rotatable bonds is 10. The van der Waals surface area contributed by atoms with Crippen LogP contribution in [0.1, 0.15) is 63.7 Å². The number of allylic oxidation sites excluding steroid dienone is 1. The highest BCUT2D eigenvalue weighted by Crippen LogP contribution is 2.43. The third kappa shape index (κ3) is 7.31. The lowest BCUT2D eigenvalue weighted by Gasteiger charge is -2.37. The summed E-state index contributed by atoms with van der Waals surface area (Å²) in [6.45, 7) is 11.5. The molecule has 0 bridgehead atoms. The molecule has 6 heteroatoms. The molecule has 2 rings (SSSR count). The quantitative estimate of drug-likeness (QED) is 0.341. The van der Waals surface area contributed by atoms with Crippen LogP contribution in [0.15, 0.2) is 61.2 Å². The van der Waals surface area contributed by atoms with E-state index in [4.69, 9.17) is 23.2 Å². The van der Waals surface area contributed by atoms with Crippen LogP contribution in [0.4, 0.5) is 0 Å². The third-order valence-corrected chi connectivity index (χ3v) is 6.70. The van der Waals surface area contributed by atoms with Gasteiger partial charge in [0.25, 0.3) is 0 Å². The molecule has 0 aliphatic carbocycles. The Morgan fingerprint density at radius 2 is 1.70 bits per heavy atom. The van der Waals surface area contributed by atoms with E-state index >= 15 is 0 Å². The average molecular weight is 492 g/mol. The van der Waals surface area contributed by atoms with Crippen LogP contribution in [0.25, 0.3) is 0 Å². The Kier molecular flexibility index (Phi) is 9.57. The summed E-state index contributed by atoms with van der Waals surface area (Å²) in [6.07, 6.45) is 1.59. The van der Waals surface area contributed by atoms with Crippen LogP contribution in [0.3, 0.4) is 0 Å². The Morgan fingerprint density at radius 3 is 2.21 bits per heavy atom. The van der Waals surface area contributed by atoms with Crippen LogP contribution in [-0.4, -0.2) is 28.8 Å². The number of carbonyl (C=O) groups is 1. The molecule has 4 atom stereocenters. The van der Waals surface area contributed by atoms with Gasteiger partial charge in [0.2, 0.25) is 5.91 Å². The first-order chi connectivity index (χ1) is 15.4. The fourth-order valence-corrected chi connectivity index (χ4v) is 4.31. The maximum Gasteiger partial charge on any atom is 0.226 e. The summed E-state index contributed by atoms with van der Waals surface area (Å²) in [4.78, 5) is 13.5. The van der Waals surface area contributed by atoms with Gasteiger partial charge < -0.3 is 15.5 Å². The van der Waals surface area contributed by atoms with Crippen molar-refractivity contribution in [3.63, 3.8) is 0 Å². The largest absolute Gasteiger partial charge is 0.394 e. The molecular formula is C27H35Cl2NO3. The zero-order valence-electron chi connectivity index (χ0n) is 19.8. The van der Waals surface area contributed by atoms with Crippen molar-refractivity contribution in [1.29, 1.82) is 0 Å².